The van der Waals surface area contributed by atoms with Gasteiger partial charge in [0.15, 0.2) is 0 Å². The first-order valence-electron chi connectivity index (χ1n) is 14.5. The fraction of sp³-hybridized carbons (Fsp3) is 0.562. The van der Waals surface area contributed by atoms with Crippen LogP contribution in [0.25, 0.3) is 0 Å². The summed E-state index contributed by atoms with van der Waals surface area (Å²) in [4.78, 5) is 26.7. The number of rotatable bonds is 9. The highest BCUT2D eigenvalue weighted by Gasteiger charge is 2.68. The van der Waals surface area contributed by atoms with E-state index in [2.05, 4.69) is 45.3 Å². The molecule has 6 rings (SSSR count). The van der Waals surface area contributed by atoms with E-state index in [4.69, 9.17) is 9.31 Å². The molecule has 1 aliphatic heterocycles. The number of carbonyl (C=O) groups excluding carboxylic acids is 2. The van der Waals surface area contributed by atoms with Gasteiger partial charge in [0, 0.05) is 5.56 Å². The first-order chi connectivity index (χ1) is 18.5. The lowest BCUT2D eigenvalue weighted by molar-refractivity contribution is -0.199. The monoisotopic (exact) mass is 530 g/mol. The molecule has 3 aliphatic carbocycles. The normalized spacial score (nSPS) is 28.3. The Morgan fingerprint density at radius 3 is 2.36 bits per heavy atom. The van der Waals surface area contributed by atoms with E-state index in [1.807, 2.05) is 49.4 Å². The minimum Gasteiger partial charge on any atom is -0.404 e. The number of aryl methyl sites for hydroxylation is 1. The van der Waals surface area contributed by atoms with Gasteiger partial charge >= 0.3 is 7.12 Å². The second-order valence-electron chi connectivity index (χ2n) is 13.1. The van der Waals surface area contributed by atoms with Gasteiger partial charge in [-0.05, 0) is 79.5 Å². The van der Waals surface area contributed by atoms with Gasteiger partial charge in [0.05, 0.1) is 30.1 Å². The summed E-state index contributed by atoms with van der Waals surface area (Å²) in [6.45, 7) is 13.2. The lowest BCUT2D eigenvalue weighted by atomic mass is 9.43. The molecule has 208 valence electrons. The summed E-state index contributed by atoms with van der Waals surface area (Å²) in [5.41, 5.74) is 2.47. The van der Waals surface area contributed by atoms with Crippen molar-refractivity contribution >= 4 is 18.9 Å². The molecule has 2 aromatic carbocycles. The van der Waals surface area contributed by atoms with Crippen molar-refractivity contribution in [1.29, 1.82) is 0 Å². The number of hydrogen-bond acceptors (Lipinski definition) is 4. The average Bonchev–Trinajstić information content (AvgIpc) is 3.25. The van der Waals surface area contributed by atoms with Crippen LogP contribution in [0.2, 0.25) is 0 Å². The Balaban J connectivity index is 1.32. The second-order valence-corrected chi connectivity index (χ2v) is 13.1. The van der Waals surface area contributed by atoms with Gasteiger partial charge in [-0.3, -0.25) is 9.59 Å². The Morgan fingerprint density at radius 1 is 1.00 bits per heavy atom. The summed E-state index contributed by atoms with van der Waals surface area (Å²) in [6.07, 6.45) is 3.15. The number of hydrogen-bond donors (Lipinski definition) is 2. The summed E-state index contributed by atoms with van der Waals surface area (Å²) in [6, 6.07) is 16.6. The third-order valence-corrected chi connectivity index (χ3v) is 9.66. The van der Waals surface area contributed by atoms with E-state index in [0.29, 0.717) is 23.3 Å². The molecule has 4 aliphatic rings. The van der Waals surface area contributed by atoms with Crippen LogP contribution in [0.5, 0.6) is 0 Å². The van der Waals surface area contributed by atoms with Crippen LogP contribution in [0.1, 0.15) is 87.8 Å². The number of nitrogens with one attached hydrogen (secondary N) is 2. The molecule has 2 amide bonds. The molecule has 0 spiro atoms. The molecule has 7 heteroatoms. The van der Waals surface area contributed by atoms with Gasteiger partial charge in [0.25, 0.3) is 5.91 Å². The van der Waals surface area contributed by atoms with Crippen molar-refractivity contribution in [3.05, 3.63) is 71.3 Å². The topological polar surface area (TPSA) is 76.7 Å². The third-order valence-electron chi connectivity index (χ3n) is 9.66. The van der Waals surface area contributed by atoms with E-state index in [1.165, 1.54) is 6.42 Å². The summed E-state index contributed by atoms with van der Waals surface area (Å²) < 4.78 is 13.3. The molecule has 4 fully saturated rings. The molecule has 6 nitrogen and oxygen atoms in total. The van der Waals surface area contributed by atoms with Crippen molar-refractivity contribution in [3.63, 3.8) is 0 Å². The molecule has 2 aromatic rings. The summed E-state index contributed by atoms with van der Waals surface area (Å²) in [5.74, 6) is 0.906. The van der Waals surface area contributed by atoms with Crippen molar-refractivity contribution in [2.24, 2.45) is 23.2 Å². The van der Waals surface area contributed by atoms with E-state index in [-0.39, 0.29) is 41.3 Å². The van der Waals surface area contributed by atoms with Crippen molar-refractivity contribution in [2.45, 2.75) is 90.9 Å². The zero-order valence-corrected chi connectivity index (χ0v) is 24.2. The van der Waals surface area contributed by atoms with Crippen molar-refractivity contribution in [3.8, 4) is 0 Å². The predicted octanol–water partition coefficient (Wildman–Crippen LogP) is 5.65. The molecular weight excluding hydrogens is 487 g/mol. The van der Waals surface area contributed by atoms with E-state index in [9.17, 15) is 9.59 Å². The fourth-order valence-electron chi connectivity index (χ4n) is 7.32. The Kier molecular flexibility index (Phi) is 7.69. The molecule has 39 heavy (non-hydrogen) atoms. The zero-order chi connectivity index (χ0) is 27.9. The van der Waals surface area contributed by atoms with Crippen LogP contribution in [0.4, 0.5) is 0 Å². The maximum atomic E-state index is 13.6. The number of amides is 2. The van der Waals surface area contributed by atoms with Gasteiger partial charge in [0.1, 0.15) is 0 Å². The van der Waals surface area contributed by atoms with E-state index in [1.54, 1.807) is 12.1 Å². The van der Waals surface area contributed by atoms with Crippen LogP contribution in [0.15, 0.2) is 54.6 Å². The SMILES string of the molecule is Cc1ccccc1C(CC(=O)N[C@@H](CC(C)C)B1O[C@@H]2C[C@@H]3C[C@@H](C3(C)C)[C@]2(C)O1)NC(=O)c1ccccc1. The van der Waals surface area contributed by atoms with Crippen molar-refractivity contribution < 1.29 is 18.9 Å². The molecule has 2 bridgehead atoms. The lowest BCUT2D eigenvalue weighted by Crippen LogP contribution is -2.65. The summed E-state index contributed by atoms with van der Waals surface area (Å²) in [7, 11) is -0.475. The average molecular weight is 531 g/mol. The van der Waals surface area contributed by atoms with E-state index < -0.39 is 13.2 Å². The number of benzene rings is 2. The Morgan fingerprint density at radius 2 is 1.69 bits per heavy atom. The first kappa shape index (κ1) is 27.9. The molecular formula is C32H43BN2O4. The molecule has 1 unspecified atom stereocenters. The van der Waals surface area contributed by atoms with E-state index in [0.717, 1.165) is 24.0 Å². The largest absolute Gasteiger partial charge is 0.481 e. The van der Waals surface area contributed by atoms with Gasteiger partial charge in [0.2, 0.25) is 5.91 Å². The number of carbonyl (C=O) groups is 2. The Bertz CT molecular complexity index is 1200. The maximum Gasteiger partial charge on any atom is 0.481 e. The van der Waals surface area contributed by atoms with Gasteiger partial charge < -0.3 is 19.9 Å². The summed E-state index contributed by atoms with van der Waals surface area (Å²) in [5, 5.41) is 6.37. The zero-order valence-electron chi connectivity index (χ0n) is 24.2. The van der Waals surface area contributed by atoms with Crippen LogP contribution >= 0.6 is 0 Å². The Labute approximate surface area is 233 Å². The molecule has 0 aromatic heterocycles. The molecule has 1 saturated heterocycles. The van der Waals surface area contributed by atoms with Gasteiger partial charge in [-0.25, -0.2) is 0 Å². The highest BCUT2D eigenvalue weighted by molar-refractivity contribution is 6.47. The molecule has 0 radical (unpaired) electrons. The fourth-order valence-corrected chi connectivity index (χ4v) is 7.32. The minimum atomic E-state index is -0.475. The van der Waals surface area contributed by atoms with Crippen LogP contribution in [0, 0.1) is 30.1 Å². The molecule has 2 N–H and O–H groups in total. The van der Waals surface area contributed by atoms with Crippen LogP contribution in [0.3, 0.4) is 0 Å². The van der Waals surface area contributed by atoms with Crippen LogP contribution in [-0.4, -0.2) is 36.6 Å². The smallest absolute Gasteiger partial charge is 0.404 e. The highest BCUT2D eigenvalue weighted by Crippen LogP contribution is 2.65. The Hall–Kier alpha value is -2.64. The molecule has 3 saturated carbocycles. The maximum absolute atomic E-state index is 13.6. The second kappa shape index (κ2) is 10.7. The first-order valence-corrected chi connectivity index (χ1v) is 14.5. The predicted molar refractivity (Wildman–Crippen MR) is 154 cm³/mol. The quantitative estimate of drug-likeness (QED) is 0.411. The van der Waals surface area contributed by atoms with Crippen molar-refractivity contribution in [2.75, 3.05) is 0 Å². The van der Waals surface area contributed by atoms with E-state index >= 15 is 0 Å². The minimum absolute atomic E-state index is 0.0655. The van der Waals surface area contributed by atoms with Crippen LogP contribution < -0.4 is 10.6 Å². The summed E-state index contributed by atoms with van der Waals surface area (Å²) >= 11 is 0. The molecule has 6 atom stereocenters. The highest BCUT2D eigenvalue weighted by atomic mass is 16.7. The molecule has 1 heterocycles. The van der Waals surface area contributed by atoms with Crippen LogP contribution in [-0.2, 0) is 14.1 Å². The van der Waals surface area contributed by atoms with Gasteiger partial charge in [-0.2, -0.15) is 0 Å². The van der Waals surface area contributed by atoms with Crippen molar-refractivity contribution in [1.82, 2.24) is 10.6 Å². The third kappa shape index (κ3) is 5.40. The standard InChI is InChI=1S/C32H43BN2O4/c1-20(2)16-28(33-38-27-18-23-17-26(31(23,4)5)32(27,6)39-33)35-29(36)19-25(24-15-11-10-12-21(24)3)34-30(37)22-13-8-7-9-14-22/h7-15,20,23,25-28H,16-19H2,1-6H3,(H,34,37)(H,35,36)/t23-,25?,26-,27+,28-,32-/m0/s1. The van der Waals surface area contributed by atoms with Gasteiger partial charge in [-0.1, -0.05) is 70.2 Å². The van der Waals surface area contributed by atoms with Gasteiger partial charge in [-0.15, -0.1) is 0 Å². The lowest BCUT2D eigenvalue weighted by Gasteiger charge is -2.64.